The second-order valence-corrected chi connectivity index (χ2v) is 12.1. The van der Waals surface area contributed by atoms with Crippen LogP contribution in [-0.4, -0.2) is 62.9 Å². The summed E-state index contributed by atoms with van der Waals surface area (Å²) in [5.74, 6) is 0.158. The van der Waals surface area contributed by atoms with Gasteiger partial charge in [-0.1, -0.05) is 18.2 Å². The zero-order valence-electron chi connectivity index (χ0n) is 20.1. The number of aliphatic carboxylic acids is 1. The highest BCUT2D eigenvalue weighted by Crippen LogP contribution is 2.31. The molecule has 1 fully saturated rings. The molecule has 1 atom stereocenters. The molecule has 0 aliphatic carbocycles. The Bertz CT molecular complexity index is 1070. The molecule has 0 radical (unpaired) electrons. The monoisotopic (exact) mass is 505 g/mol. The fourth-order valence-electron chi connectivity index (χ4n) is 4.04. The van der Waals surface area contributed by atoms with E-state index >= 15 is 0 Å². The molecule has 0 aromatic heterocycles. The average Bonchev–Trinajstić information content (AvgIpc) is 2.83. The zero-order chi connectivity index (χ0) is 24.8. The van der Waals surface area contributed by atoms with Crippen molar-refractivity contribution in [1.82, 2.24) is 9.62 Å². The molecule has 1 aliphatic rings. The van der Waals surface area contributed by atoms with E-state index in [4.69, 9.17) is 0 Å². The highest BCUT2D eigenvalue weighted by Gasteiger charge is 2.36. The molecule has 7 nitrogen and oxygen atoms in total. The van der Waals surface area contributed by atoms with Gasteiger partial charge >= 0.3 is 5.97 Å². The Kier molecular flexibility index (Phi) is 9.03. The van der Waals surface area contributed by atoms with Crippen LogP contribution in [0.3, 0.4) is 0 Å². The van der Waals surface area contributed by atoms with Gasteiger partial charge in [0.2, 0.25) is 10.0 Å². The predicted molar refractivity (Wildman–Crippen MR) is 138 cm³/mol. The molecule has 0 spiro atoms. The Morgan fingerprint density at radius 3 is 2.44 bits per heavy atom. The highest BCUT2D eigenvalue weighted by atomic mass is 32.2. The number of piperidine rings is 1. The molecule has 2 aromatic rings. The molecule has 0 amide bonds. The Morgan fingerprint density at radius 1 is 1.18 bits per heavy atom. The molecule has 9 heteroatoms. The van der Waals surface area contributed by atoms with Crippen LogP contribution in [0.5, 0.6) is 0 Å². The molecular formula is C25H35N3O4S2. The second kappa shape index (κ2) is 11.6. The number of hydrogen-bond acceptors (Lipinski definition) is 6. The first kappa shape index (κ1) is 26.5. The maximum atomic E-state index is 12.1. The number of benzene rings is 2. The van der Waals surface area contributed by atoms with E-state index < -0.39 is 21.4 Å². The number of hydrogen-bond donors (Lipinski definition) is 3. The third kappa shape index (κ3) is 6.97. The van der Waals surface area contributed by atoms with E-state index in [1.807, 2.05) is 38.1 Å². The van der Waals surface area contributed by atoms with Crippen molar-refractivity contribution >= 4 is 33.4 Å². The lowest BCUT2D eigenvalue weighted by Crippen LogP contribution is -2.43. The smallest absolute Gasteiger partial charge is 0.309 e. The van der Waals surface area contributed by atoms with Gasteiger partial charge in [0.25, 0.3) is 0 Å². The second-order valence-electron chi connectivity index (χ2n) is 9.15. The quantitative estimate of drug-likeness (QED) is 0.396. The van der Waals surface area contributed by atoms with Crippen LogP contribution in [0.1, 0.15) is 31.7 Å². The van der Waals surface area contributed by atoms with Crippen molar-refractivity contribution in [1.29, 1.82) is 0 Å². The third-order valence-corrected chi connectivity index (χ3v) is 9.19. The topological polar surface area (TPSA) is 98.7 Å². The number of carboxylic acid groups (broad SMARTS) is 1. The number of nitrogens with one attached hydrogen (secondary N) is 2. The number of anilines is 1. The summed E-state index contributed by atoms with van der Waals surface area (Å²) in [6, 6.07) is 15.6. The predicted octanol–water partition coefficient (Wildman–Crippen LogP) is 4.05. The molecular weight excluding hydrogens is 470 g/mol. The average molecular weight is 506 g/mol. The maximum Gasteiger partial charge on any atom is 0.309 e. The van der Waals surface area contributed by atoms with Crippen molar-refractivity contribution in [3.05, 3.63) is 54.1 Å². The van der Waals surface area contributed by atoms with Crippen molar-refractivity contribution in [2.24, 2.45) is 5.41 Å². The van der Waals surface area contributed by atoms with Crippen LogP contribution in [0.2, 0.25) is 0 Å². The molecule has 0 bridgehead atoms. The summed E-state index contributed by atoms with van der Waals surface area (Å²) in [7, 11) is -2.07. The minimum absolute atomic E-state index is 0.170. The first-order chi connectivity index (χ1) is 16.1. The van der Waals surface area contributed by atoms with E-state index in [9.17, 15) is 18.3 Å². The number of aryl methyl sites for hydroxylation is 1. The molecule has 0 saturated carbocycles. The van der Waals surface area contributed by atoms with Gasteiger partial charge in [0, 0.05) is 28.9 Å². The normalized spacial score (nSPS) is 17.3. The van der Waals surface area contributed by atoms with E-state index in [0.717, 1.165) is 43.1 Å². The number of thioether (sulfide) groups is 1. The number of carboxylic acids is 1. The van der Waals surface area contributed by atoms with Crippen molar-refractivity contribution in [2.45, 2.75) is 48.9 Å². The van der Waals surface area contributed by atoms with Crippen LogP contribution in [0.15, 0.2) is 58.3 Å². The molecule has 2 aromatic carbocycles. The highest BCUT2D eigenvalue weighted by molar-refractivity contribution is 7.99. The molecule has 186 valence electrons. The van der Waals surface area contributed by atoms with E-state index in [-0.39, 0.29) is 10.9 Å². The van der Waals surface area contributed by atoms with Gasteiger partial charge < -0.3 is 15.3 Å². The van der Waals surface area contributed by atoms with Crippen LogP contribution in [0, 0.1) is 12.3 Å². The van der Waals surface area contributed by atoms with Crippen LogP contribution in [0.25, 0.3) is 0 Å². The van der Waals surface area contributed by atoms with Gasteiger partial charge in [-0.15, -0.1) is 11.8 Å². The van der Waals surface area contributed by atoms with Crippen molar-refractivity contribution in [3.63, 3.8) is 0 Å². The summed E-state index contributed by atoms with van der Waals surface area (Å²) < 4.78 is 26.6. The number of nitrogens with zero attached hydrogens (tertiary/aromatic N) is 1. The zero-order valence-corrected chi connectivity index (χ0v) is 21.7. The van der Waals surface area contributed by atoms with Crippen LogP contribution >= 0.6 is 11.8 Å². The fraction of sp³-hybridized carbons (Fsp3) is 0.480. The summed E-state index contributed by atoms with van der Waals surface area (Å²) in [5, 5.41) is 13.1. The molecule has 3 rings (SSSR count). The van der Waals surface area contributed by atoms with Gasteiger partial charge in [0.05, 0.1) is 10.3 Å². The molecule has 34 heavy (non-hydrogen) atoms. The summed E-state index contributed by atoms with van der Waals surface area (Å²) in [6.07, 6.45) is 2.24. The van der Waals surface area contributed by atoms with Gasteiger partial charge in [0.1, 0.15) is 0 Å². The van der Waals surface area contributed by atoms with Crippen molar-refractivity contribution < 1.29 is 18.3 Å². The maximum absolute atomic E-state index is 12.1. The molecule has 0 unspecified atom stereocenters. The summed E-state index contributed by atoms with van der Waals surface area (Å²) >= 11 is 1.79. The van der Waals surface area contributed by atoms with E-state index in [1.165, 1.54) is 11.9 Å². The van der Waals surface area contributed by atoms with E-state index in [1.54, 1.807) is 23.9 Å². The molecule has 1 saturated heterocycles. The molecule has 3 N–H and O–H groups in total. The number of likely N-dealkylation sites (tertiary alicyclic amines) is 1. The van der Waals surface area contributed by atoms with Crippen LogP contribution in [-0.2, 0) is 14.8 Å². The summed E-state index contributed by atoms with van der Waals surface area (Å²) in [4.78, 5) is 15.3. The van der Waals surface area contributed by atoms with Gasteiger partial charge in [-0.25, -0.2) is 13.1 Å². The van der Waals surface area contributed by atoms with E-state index in [2.05, 4.69) is 27.1 Å². The van der Waals surface area contributed by atoms with Gasteiger partial charge in [0.15, 0.2) is 0 Å². The van der Waals surface area contributed by atoms with Gasteiger partial charge in [-0.3, -0.25) is 4.79 Å². The van der Waals surface area contributed by atoms with Gasteiger partial charge in [-0.2, -0.15) is 0 Å². The lowest BCUT2D eigenvalue weighted by Gasteiger charge is -2.37. The summed E-state index contributed by atoms with van der Waals surface area (Å²) in [6.45, 7) is 6.21. The van der Waals surface area contributed by atoms with Crippen LogP contribution in [0.4, 0.5) is 5.69 Å². The fourth-order valence-corrected chi connectivity index (χ4v) is 5.84. The third-order valence-electron chi connectivity index (χ3n) is 6.60. The molecule has 1 aliphatic heterocycles. The minimum Gasteiger partial charge on any atom is -0.481 e. The first-order valence-electron chi connectivity index (χ1n) is 11.6. The Morgan fingerprint density at radius 2 is 1.85 bits per heavy atom. The summed E-state index contributed by atoms with van der Waals surface area (Å²) in [5.41, 5.74) is 1.18. The minimum atomic E-state index is -3.48. The lowest BCUT2D eigenvalue weighted by molar-refractivity contribution is -0.150. The Labute approximate surface area is 207 Å². The van der Waals surface area contributed by atoms with Crippen LogP contribution < -0.4 is 10.0 Å². The van der Waals surface area contributed by atoms with E-state index in [0.29, 0.717) is 12.8 Å². The Balaban J connectivity index is 1.67. The molecule has 1 heterocycles. The number of rotatable bonds is 11. The largest absolute Gasteiger partial charge is 0.481 e. The van der Waals surface area contributed by atoms with Crippen molar-refractivity contribution in [2.75, 3.05) is 37.8 Å². The lowest BCUT2D eigenvalue weighted by atomic mass is 9.80. The number of carbonyl (C=O) groups is 1. The number of sulfonamides is 1. The first-order valence-corrected chi connectivity index (χ1v) is 14.0. The standard InChI is InChI=1S/C25H35N3O4S2/c1-19-17-22(34(31,32)26-3)9-10-23(19)27-20(18-33-21-7-5-4-6-8-21)11-14-28-15-12-25(2,13-16-28)24(29)30/h4-10,17,20,26-27H,11-16,18H2,1-3H3,(H,29,30)/t20-/m1/s1. The van der Waals surface area contributed by atoms with Gasteiger partial charge in [-0.05, 0) is 89.1 Å². The van der Waals surface area contributed by atoms with Crippen molar-refractivity contribution in [3.8, 4) is 0 Å². The Hall–Kier alpha value is -2.07. The SMILES string of the molecule is CNS(=O)(=O)c1ccc(N[C@H](CCN2CCC(C)(C(=O)O)CC2)CSc2ccccc2)c(C)c1.